The molecule has 0 aromatic heterocycles. The molecule has 1 aliphatic heterocycles. The van der Waals surface area contributed by atoms with E-state index in [9.17, 15) is 9.59 Å². The van der Waals surface area contributed by atoms with E-state index < -0.39 is 18.0 Å². The van der Waals surface area contributed by atoms with Gasteiger partial charge in [0.15, 0.2) is 6.61 Å². The second-order valence-corrected chi connectivity index (χ2v) is 3.22. The number of carboxylic acid groups (broad SMARTS) is 1. The molecule has 1 heterocycles. The highest BCUT2D eigenvalue weighted by molar-refractivity contribution is 5.73. The zero-order valence-electron chi connectivity index (χ0n) is 8.64. The summed E-state index contributed by atoms with van der Waals surface area (Å²) in [6.07, 6.45) is 1.32. The molecular weight excluding hydrogens is 202 g/mol. The first-order chi connectivity index (χ1) is 7.15. The van der Waals surface area contributed by atoms with Crippen LogP contribution in [0.2, 0.25) is 0 Å². The highest BCUT2D eigenvalue weighted by Gasteiger charge is 2.31. The maximum atomic E-state index is 11.0. The molecule has 0 unspecified atom stereocenters. The second-order valence-electron chi connectivity index (χ2n) is 3.22. The molecule has 1 fully saturated rings. The van der Waals surface area contributed by atoms with Crippen LogP contribution in [0.15, 0.2) is 0 Å². The van der Waals surface area contributed by atoms with Crippen molar-refractivity contribution in [2.45, 2.75) is 25.8 Å². The van der Waals surface area contributed by atoms with E-state index in [2.05, 4.69) is 4.74 Å². The molecule has 0 aliphatic carbocycles. The molecule has 0 amide bonds. The topological polar surface area (TPSA) is 76.1 Å². The number of nitrogens with zero attached hydrogens (tertiary/aromatic N) is 1. The number of hydrogen-bond donors (Lipinski definition) is 1. The quantitative estimate of drug-likeness (QED) is 0.655. The number of ether oxygens (including phenoxy) is 1. The Bertz CT molecular complexity index is 243. The van der Waals surface area contributed by atoms with E-state index in [-0.39, 0.29) is 6.61 Å². The van der Waals surface area contributed by atoms with E-state index in [0.717, 1.165) is 6.42 Å². The third-order valence-corrected chi connectivity index (χ3v) is 2.14. The summed E-state index contributed by atoms with van der Waals surface area (Å²) < 4.78 is 4.66. The van der Waals surface area contributed by atoms with E-state index in [1.807, 2.05) is 0 Å². The van der Waals surface area contributed by atoms with Gasteiger partial charge in [0.2, 0.25) is 0 Å². The van der Waals surface area contributed by atoms with Crippen LogP contribution in [0.3, 0.4) is 0 Å². The molecule has 1 saturated heterocycles. The summed E-state index contributed by atoms with van der Waals surface area (Å²) in [5.41, 5.74) is 0. The van der Waals surface area contributed by atoms with Crippen molar-refractivity contribution in [2.24, 2.45) is 0 Å². The number of esters is 1. The summed E-state index contributed by atoms with van der Waals surface area (Å²) in [7, 11) is 0. The van der Waals surface area contributed by atoms with E-state index in [0.29, 0.717) is 19.6 Å². The largest absolute Gasteiger partial charge is 0.480 e. The summed E-state index contributed by atoms with van der Waals surface area (Å²) >= 11 is 0. The smallest absolute Gasteiger partial charge is 0.334 e. The normalized spacial score (nSPS) is 21.5. The Morgan fingerprint density at radius 3 is 2.87 bits per heavy atom. The van der Waals surface area contributed by atoms with Crippen LogP contribution in [0.25, 0.3) is 0 Å². The van der Waals surface area contributed by atoms with Crippen molar-refractivity contribution in [2.75, 3.05) is 19.8 Å². The predicted octanol–water partition coefficient (Wildman–Crippen LogP) is 0.0301. The molecule has 1 N–H and O–H groups in total. The van der Waals surface area contributed by atoms with Crippen LogP contribution in [-0.2, 0) is 19.2 Å². The predicted molar refractivity (Wildman–Crippen MR) is 49.9 cm³/mol. The fourth-order valence-electron chi connectivity index (χ4n) is 1.48. The molecule has 0 bridgehead atoms. The van der Waals surface area contributed by atoms with Crippen molar-refractivity contribution in [3.05, 3.63) is 0 Å². The fourth-order valence-corrected chi connectivity index (χ4v) is 1.48. The molecule has 0 spiro atoms. The molecule has 0 aromatic carbocycles. The first-order valence-electron chi connectivity index (χ1n) is 4.93. The van der Waals surface area contributed by atoms with Crippen LogP contribution in [0.4, 0.5) is 0 Å². The summed E-state index contributed by atoms with van der Waals surface area (Å²) in [6.45, 7) is 2.31. The van der Waals surface area contributed by atoms with Crippen molar-refractivity contribution in [1.82, 2.24) is 5.06 Å². The SMILES string of the molecule is CCOC(=O)CON1CCC[C@H]1C(=O)O. The van der Waals surface area contributed by atoms with Crippen LogP contribution >= 0.6 is 0 Å². The molecule has 0 aromatic rings. The Balaban J connectivity index is 2.31. The van der Waals surface area contributed by atoms with Crippen molar-refractivity contribution in [3.8, 4) is 0 Å². The molecule has 6 nitrogen and oxygen atoms in total. The molecule has 15 heavy (non-hydrogen) atoms. The first kappa shape index (κ1) is 11.9. The molecule has 1 aliphatic rings. The lowest BCUT2D eigenvalue weighted by Gasteiger charge is -2.19. The third kappa shape index (κ3) is 3.49. The third-order valence-electron chi connectivity index (χ3n) is 2.14. The lowest BCUT2D eigenvalue weighted by molar-refractivity contribution is -0.197. The summed E-state index contributed by atoms with van der Waals surface area (Å²) in [5.74, 6) is -1.40. The molecule has 1 rings (SSSR count). The van der Waals surface area contributed by atoms with Gasteiger partial charge in [-0.1, -0.05) is 0 Å². The van der Waals surface area contributed by atoms with Gasteiger partial charge >= 0.3 is 11.9 Å². The first-order valence-corrected chi connectivity index (χ1v) is 4.93. The lowest BCUT2D eigenvalue weighted by Crippen LogP contribution is -2.37. The van der Waals surface area contributed by atoms with Gasteiger partial charge in [-0.3, -0.25) is 9.63 Å². The Morgan fingerprint density at radius 1 is 1.53 bits per heavy atom. The van der Waals surface area contributed by atoms with Crippen molar-refractivity contribution in [3.63, 3.8) is 0 Å². The Kier molecular flexibility index (Phi) is 4.51. The number of aliphatic carboxylic acids is 1. The fraction of sp³-hybridized carbons (Fsp3) is 0.778. The zero-order valence-corrected chi connectivity index (χ0v) is 8.64. The minimum Gasteiger partial charge on any atom is -0.480 e. The summed E-state index contributed by atoms with van der Waals surface area (Å²) in [4.78, 5) is 26.8. The Labute approximate surface area is 87.7 Å². The number of carbonyl (C=O) groups is 2. The standard InChI is InChI=1S/C9H15NO5/c1-2-14-8(11)6-15-10-5-3-4-7(10)9(12)13/h7H,2-6H2,1H3,(H,12,13)/t7-/m0/s1. The molecular formula is C9H15NO5. The molecule has 6 heteroatoms. The van der Waals surface area contributed by atoms with E-state index in [1.165, 1.54) is 5.06 Å². The van der Waals surface area contributed by atoms with Gasteiger partial charge in [0.1, 0.15) is 6.04 Å². The van der Waals surface area contributed by atoms with Gasteiger partial charge in [0.05, 0.1) is 6.61 Å². The van der Waals surface area contributed by atoms with Crippen molar-refractivity contribution >= 4 is 11.9 Å². The molecule has 86 valence electrons. The van der Waals surface area contributed by atoms with Crippen LogP contribution in [0.5, 0.6) is 0 Å². The Morgan fingerprint density at radius 2 is 2.27 bits per heavy atom. The van der Waals surface area contributed by atoms with Gasteiger partial charge in [-0.2, -0.15) is 5.06 Å². The number of hydrogen-bond acceptors (Lipinski definition) is 5. The minimum atomic E-state index is -0.920. The molecule has 0 saturated carbocycles. The lowest BCUT2D eigenvalue weighted by atomic mass is 10.2. The summed E-state index contributed by atoms with van der Waals surface area (Å²) in [6, 6.07) is -0.639. The van der Waals surface area contributed by atoms with Gasteiger partial charge in [-0.25, -0.2) is 4.79 Å². The van der Waals surface area contributed by atoms with Crippen LogP contribution in [0, 0.1) is 0 Å². The number of carboxylic acids is 1. The van der Waals surface area contributed by atoms with Crippen LogP contribution in [-0.4, -0.2) is 47.9 Å². The monoisotopic (exact) mass is 217 g/mol. The van der Waals surface area contributed by atoms with E-state index in [4.69, 9.17) is 9.94 Å². The van der Waals surface area contributed by atoms with Gasteiger partial charge in [0.25, 0.3) is 0 Å². The van der Waals surface area contributed by atoms with E-state index >= 15 is 0 Å². The zero-order chi connectivity index (χ0) is 11.3. The number of hydroxylamine groups is 2. The van der Waals surface area contributed by atoms with Gasteiger partial charge in [0, 0.05) is 6.54 Å². The minimum absolute atomic E-state index is 0.225. The van der Waals surface area contributed by atoms with Crippen LogP contribution in [0.1, 0.15) is 19.8 Å². The van der Waals surface area contributed by atoms with E-state index in [1.54, 1.807) is 6.92 Å². The average Bonchev–Trinajstić information content (AvgIpc) is 2.63. The second kappa shape index (κ2) is 5.67. The van der Waals surface area contributed by atoms with Gasteiger partial charge in [-0.05, 0) is 19.8 Å². The number of rotatable bonds is 5. The summed E-state index contributed by atoms with van der Waals surface area (Å²) in [5, 5.41) is 10.1. The molecule has 1 atom stereocenters. The van der Waals surface area contributed by atoms with Crippen molar-refractivity contribution < 1.29 is 24.3 Å². The average molecular weight is 217 g/mol. The highest BCUT2D eigenvalue weighted by atomic mass is 16.7. The Hall–Kier alpha value is -1.14. The van der Waals surface area contributed by atoms with Crippen LogP contribution < -0.4 is 0 Å². The van der Waals surface area contributed by atoms with Crippen molar-refractivity contribution in [1.29, 1.82) is 0 Å². The van der Waals surface area contributed by atoms with Gasteiger partial charge < -0.3 is 9.84 Å². The molecule has 0 radical (unpaired) electrons. The van der Waals surface area contributed by atoms with Gasteiger partial charge in [-0.15, -0.1) is 0 Å². The maximum absolute atomic E-state index is 11.0. The number of carbonyl (C=O) groups excluding carboxylic acids is 1. The highest BCUT2D eigenvalue weighted by Crippen LogP contribution is 2.17. The maximum Gasteiger partial charge on any atom is 0.334 e.